The molecule has 0 fully saturated rings. The van der Waals surface area contributed by atoms with E-state index in [1.54, 1.807) is 0 Å². The van der Waals surface area contributed by atoms with E-state index in [1.165, 1.54) is 18.2 Å². The van der Waals surface area contributed by atoms with Gasteiger partial charge in [0.05, 0.1) is 0 Å². The van der Waals surface area contributed by atoms with Crippen molar-refractivity contribution in [3.05, 3.63) is 35.4 Å². The molecule has 0 amide bonds. The molecule has 0 spiro atoms. The zero-order valence-corrected chi connectivity index (χ0v) is 10.3. The predicted octanol–water partition coefficient (Wildman–Crippen LogP) is 2.86. The average Bonchev–Trinajstić information content (AvgIpc) is 2.22. The molecule has 0 aliphatic carbocycles. The van der Waals surface area contributed by atoms with Gasteiger partial charge in [0.15, 0.2) is 0 Å². The monoisotopic (exact) mass is 210 g/mol. The third kappa shape index (κ3) is 12.5. The van der Waals surface area contributed by atoms with Gasteiger partial charge in [-0.25, -0.2) is 0 Å². The molecule has 3 nitrogen and oxygen atoms in total. The summed E-state index contributed by atoms with van der Waals surface area (Å²) < 4.78 is 0. The molecule has 1 aromatic carbocycles. The molecule has 15 heavy (non-hydrogen) atoms. The smallest absolute Gasteiger partial charge is 0.125 e. The first kappa shape index (κ1) is 15.9. The number of nitrogens with two attached hydrogens (primary N) is 1. The van der Waals surface area contributed by atoms with Crippen LogP contribution in [0, 0.1) is 13.8 Å². The zero-order valence-electron chi connectivity index (χ0n) is 10.3. The maximum absolute atomic E-state index is 4.72. The van der Waals surface area contributed by atoms with Crippen LogP contribution < -0.4 is 5.73 Å². The molecule has 0 bridgehead atoms. The van der Waals surface area contributed by atoms with Crippen LogP contribution in [-0.4, -0.2) is 13.4 Å². The molecule has 0 aliphatic rings. The zero-order chi connectivity index (χ0) is 12.1. The Balaban J connectivity index is 0. The highest BCUT2D eigenvalue weighted by molar-refractivity contribution is 5.49. The van der Waals surface area contributed by atoms with Crippen molar-refractivity contribution in [3.8, 4) is 0 Å². The highest BCUT2D eigenvalue weighted by Crippen LogP contribution is 2.00. The summed E-state index contributed by atoms with van der Waals surface area (Å²) in [5, 5.41) is 3.12. The summed E-state index contributed by atoms with van der Waals surface area (Å²) in [4.78, 5) is 4.14. The van der Waals surface area contributed by atoms with E-state index in [1.807, 2.05) is 13.8 Å². The van der Waals surface area contributed by atoms with E-state index < -0.39 is 0 Å². The lowest BCUT2D eigenvalue weighted by Gasteiger charge is -1.90. The van der Waals surface area contributed by atoms with Crippen LogP contribution in [0.1, 0.15) is 25.0 Å². The van der Waals surface area contributed by atoms with Gasteiger partial charge in [-0.3, -0.25) is 0 Å². The van der Waals surface area contributed by atoms with Crippen molar-refractivity contribution in [2.24, 2.45) is 10.9 Å². The Hall–Kier alpha value is -1.51. The number of hydrogen-bond donors (Lipinski definition) is 1. The molecule has 0 unspecified atom stereocenters. The molecule has 86 valence electrons. The Morgan fingerprint density at radius 2 is 1.67 bits per heavy atom. The minimum atomic E-state index is 1.08. The van der Waals surface area contributed by atoms with E-state index in [-0.39, 0.29) is 0 Å². The maximum Gasteiger partial charge on any atom is 0.125 e. The number of nitrogens with zero attached hydrogens (tertiary/aromatic N) is 1. The van der Waals surface area contributed by atoms with Gasteiger partial charge in [0.25, 0.3) is 0 Å². The lowest BCUT2D eigenvalue weighted by atomic mass is 10.2. The van der Waals surface area contributed by atoms with Crippen molar-refractivity contribution < 1.29 is 4.84 Å². The van der Waals surface area contributed by atoms with Crippen LogP contribution in [0.25, 0.3) is 0 Å². The lowest BCUT2D eigenvalue weighted by Crippen LogP contribution is -1.87. The quantitative estimate of drug-likeness (QED) is 0.440. The molecule has 0 atom stereocenters. The van der Waals surface area contributed by atoms with Crippen molar-refractivity contribution in [2.75, 3.05) is 7.11 Å². The van der Waals surface area contributed by atoms with E-state index in [9.17, 15) is 0 Å². The van der Waals surface area contributed by atoms with Crippen molar-refractivity contribution in [1.29, 1.82) is 0 Å². The van der Waals surface area contributed by atoms with Gasteiger partial charge < -0.3 is 10.6 Å². The Morgan fingerprint density at radius 3 is 1.80 bits per heavy atom. The van der Waals surface area contributed by atoms with Gasteiger partial charge in [-0.05, 0) is 13.8 Å². The second-order valence-electron chi connectivity index (χ2n) is 2.60. The fourth-order valence-electron chi connectivity index (χ4n) is 0.868. The summed E-state index contributed by atoms with van der Waals surface area (Å²) in [7, 11) is 1.43. The number of rotatable bonds is 1. The van der Waals surface area contributed by atoms with Gasteiger partial charge in [-0.1, -0.05) is 54.4 Å². The van der Waals surface area contributed by atoms with Gasteiger partial charge in [0.1, 0.15) is 13.4 Å². The summed E-state index contributed by atoms with van der Waals surface area (Å²) in [6, 6.07) is 8.45. The molecule has 3 heteroatoms. The summed E-state index contributed by atoms with van der Waals surface area (Å²) in [6.45, 7) is 8.21. The second-order valence-corrected chi connectivity index (χ2v) is 2.60. The van der Waals surface area contributed by atoms with Gasteiger partial charge in [-0.2, -0.15) is 0 Å². The van der Waals surface area contributed by atoms with Crippen molar-refractivity contribution in [1.82, 2.24) is 0 Å². The average molecular weight is 210 g/mol. The van der Waals surface area contributed by atoms with E-state index in [2.05, 4.69) is 48.1 Å². The van der Waals surface area contributed by atoms with Crippen LogP contribution in [0.5, 0.6) is 0 Å². The molecular weight excluding hydrogens is 188 g/mol. The molecule has 0 saturated carbocycles. The van der Waals surface area contributed by atoms with Gasteiger partial charge in [-0.15, -0.1) is 0 Å². The van der Waals surface area contributed by atoms with Crippen LogP contribution in [0.2, 0.25) is 0 Å². The summed E-state index contributed by atoms with van der Waals surface area (Å²) >= 11 is 0. The van der Waals surface area contributed by atoms with E-state index in [0.717, 1.165) is 6.34 Å². The SMILES string of the molecule is CC.CO/N=C/N.Cc1cccc(C)c1. The summed E-state index contributed by atoms with van der Waals surface area (Å²) in [5.74, 6) is 0. The minimum Gasteiger partial charge on any atom is -0.398 e. The molecule has 1 aromatic rings. The highest BCUT2D eigenvalue weighted by atomic mass is 16.6. The topological polar surface area (TPSA) is 47.6 Å². The molecule has 1 rings (SSSR count). The summed E-state index contributed by atoms with van der Waals surface area (Å²) in [6.07, 6.45) is 1.08. The van der Waals surface area contributed by atoms with Crippen LogP contribution in [-0.2, 0) is 4.84 Å². The van der Waals surface area contributed by atoms with Crippen molar-refractivity contribution in [3.63, 3.8) is 0 Å². The van der Waals surface area contributed by atoms with E-state index >= 15 is 0 Å². The van der Waals surface area contributed by atoms with E-state index in [0.29, 0.717) is 0 Å². The summed E-state index contributed by atoms with van der Waals surface area (Å²) in [5.41, 5.74) is 7.40. The second kappa shape index (κ2) is 12.5. The number of oxime groups is 1. The maximum atomic E-state index is 4.72. The molecule has 2 N–H and O–H groups in total. The Kier molecular flexibility index (Phi) is 13.3. The van der Waals surface area contributed by atoms with E-state index in [4.69, 9.17) is 5.73 Å². The Morgan fingerprint density at radius 1 is 1.20 bits per heavy atom. The van der Waals surface area contributed by atoms with Crippen molar-refractivity contribution in [2.45, 2.75) is 27.7 Å². The molecule has 0 radical (unpaired) electrons. The molecule has 0 heterocycles. The first-order valence-corrected chi connectivity index (χ1v) is 5.00. The van der Waals surface area contributed by atoms with Crippen LogP contribution in [0.3, 0.4) is 0 Å². The first-order valence-electron chi connectivity index (χ1n) is 5.00. The molecule has 0 saturated heterocycles. The number of benzene rings is 1. The number of hydrogen-bond acceptors (Lipinski definition) is 2. The van der Waals surface area contributed by atoms with Crippen LogP contribution in [0.4, 0.5) is 0 Å². The van der Waals surface area contributed by atoms with Gasteiger partial charge in [0, 0.05) is 0 Å². The van der Waals surface area contributed by atoms with Crippen LogP contribution in [0.15, 0.2) is 29.4 Å². The molecular formula is C12H22N2O. The molecule has 0 aliphatic heterocycles. The minimum absolute atomic E-state index is 1.08. The third-order valence-electron chi connectivity index (χ3n) is 1.34. The fraction of sp³-hybridized carbons (Fsp3) is 0.417. The standard InChI is InChI=1S/C8H10.C2H6N2O.C2H6/c1-7-4-3-5-8(2)6-7;1-5-4-2-3;1-2/h3-6H,1-2H3;2H,1H3,(H2,3,4);1-2H3. The van der Waals surface area contributed by atoms with Crippen molar-refractivity contribution >= 4 is 6.34 Å². The first-order chi connectivity index (χ1) is 7.20. The van der Waals surface area contributed by atoms with Crippen LogP contribution >= 0.6 is 0 Å². The van der Waals surface area contributed by atoms with Gasteiger partial charge >= 0.3 is 0 Å². The Bertz CT molecular complexity index is 242. The fourth-order valence-corrected chi connectivity index (χ4v) is 0.868. The normalized spacial score (nSPS) is 8.33. The molecule has 0 aromatic heterocycles. The Labute approximate surface area is 92.9 Å². The lowest BCUT2D eigenvalue weighted by molar-refractivity contribution is 0.215. The third-order valence-corrected chi connectivity index (χ3v) is 1.34. The number of aryl methyl sites for hydroxylation is 2. The predicted molar refractivity (Wildman–Crippen MR) is 67.0 cm³/mol. The largest absolute Gasteiger partial charge is 0.398 e. The highest BCUT2D eigenvalue weighted by Gasteiger charge is 1.80. The van der Waals surface area contributed by atoms with Gasteiger partial charge in [0.2, 0.25) is 0 Å².